The minimum Gasteiger partial charge on any atom is -0.508 e. The zero-order valence-corrected chi connectivity index (χ0v) is 10.5. The van der Waals surface area contributed by atoms with Crippen molar-refractivity contribution in [3.63, 3.8) is 0 Å². The number of ether oxygens (including phenoxy) is 1. The highest BCUT2D eigenvalue weighted by atomic mass is 16.5. The van der Waals surface area contributed by atoms with Gasteiger partial charge in [0.2, 0.25) is 0 Å². The molecule has 0 unspecified atom stereocenters. The Kier molecular flexibility index (Phi) is 2.91. The van der Waals surface area contributed by atoms with Crippen LogP contribution >= 0.6 is 0 Å². The number of carbonyl (C=O) groups is 1. The fraction of sp³-hybridized carbons (Fsp3) is 0.0625. The average molecular weight is 268 g/mol. The molecule has 1 heterocycles. The molecule has 4 heteroatoms. The first-order chi connectivity index (χ1) is 9.63. The lowest BCUT2D eigenvalue weighted by molar-refractivity contribution is 0.100. The summed E-state index contributed by atoms with van der Waals surface area (Å²) >= 11 is 0. The van der Waals surface area contributed by atoms with Crippen molar-refractivity contribution in [1.82, 2.24) is 0 Å². The molecule has 0 aromatic heterocycles. The second kappa shape index (κ2) is 4.74. The van der Waals surface area contributed by atoms with Crippen LogP contribution in [0.15, 0.2) is 48.0 Å². The summed E-state index contributed by atoms with van der Waals surface area (Å²) < 4.78 is 5.50. The Morgan fingerprint density at radius 1 is 1.05 bits per heavy atom. The topological polar surface area (TPSA) is 66.8 Å². The lowest BCUT2D eigenvalue weighted by Gasteiger charge is -2.18. The maximum atomic E-state index is 12.3. The van der Waals surface area contributed by atoms with E-state index in [1.807, 2.05) is 0 Å². The number of benzene rings is 2. The molecular formula is C16H12O4. The van der Waals surface area contributed by atoms with E-state index in [9.17, 15) is 15.0 Å². The molecular weight excluding hydrogens is 256 g/mol. The first-order valence-electron chi connectivity index (χ1n) is 6.13. The number of ketones is 1. The minimum atomic E-state index is -0.175. The second-order valence-electron chi connectivity index (χ2n) is 4.56. The zero-order valence-electron chi connectivity index (χ0n) is 10.5. The van der Waals surface area contributed by atoms with Crippen molar-refractivity contribution in [1.29, 1.82) is 0 Å². The van der Waals surface area contributed by atoms with Crippen molar-refractivity contribution in [2.75, 3.05) is 6.61 Å². The Hall–Kier alpha value is -2.75. The number of hydrogen-bond donors (Lipinski definition) is 2. The first kappa shape index (κ1) is 12.3. The number of phenolic OH excluding ortho intramolecular Hbond substituents is 2. The Morgan fingerprint density at radius 3 is 2.65 bits per heavy atom. The molecule has 2 N–H and O–H groups in total. The van der Waals surface area contributed by atoms with E-state index in [4.69, 9.17) is 4.74 Å². The maximum Gasteiger partial charge on any atom is 0.196 e. The van der Waals surface area contributed by atoms with Crippen LogP contribution in [0.2, 0.25) is 0 Å². The molecule has 0 bridgehead atoms. The summed E-state index contributed by atoms with van der Waals surface area (Å²) in [5.74, 6) is 0.465. The van der Waals surface area contributed by atoms with Crippen LogP contribution in [0.5, 0.6) is 17.2 Å². The van der Waals surface area contributed by atoms with Crippen LogP contribution in [0.3, 0.4) is 0 Å². The van der Waals surface area contributed by atoms with Crippen molar-refractivity contribution in [3.8, 4) is 17.2 Å². The Bertz CT molecular complexity index is 716. The van der Waals surface area contributed by atoms with Crippen LogP contribution < -0.4 is 4.74 Å². The fourth-order valence-electron chi connectivity index (χ4n) is 2.14. The van der Waals surface area contributed by atoms with Gasteiger partial charge in [-0.15, -0.1) is 0 Å². The van der Waals surface area contributed by atoms with Gasteiger partial charge in [-0.3, -0.25) is 4.79 Å². The largest absolute Gasteiger partial charge is 0.508 e. The molecule has 1 aliphatic heterocycles. The number of hydrogen-bond acceptors (Lipinski definition) is 4. The van der Waals surface area contributed by atoms with Crippen LogP contribution in [-0.2, 0) is 0 Å². The number of rotatable bonds is 1. The van der Waals surface area contributed by atoms with Crippen molar-refractivity contribution in [2.24, 2.45) is 0 Å². The molecule has 0 spiro atoms. The molecule has 4 nitrogen and oxygen atoms in total. The second-order valence-corrected chi connectivity index (χ2v) is 4.56. The van der Waals surface area contributed by atoms with Crippen LogP contribution in [0.1, 0.15) is 15.9 Å². The first-order valence-corrected chi connectivity index (χ1v) is 6.13. The molecule has 0 aliphatic carbocycles. The normalized spacial score (nSPS) is 15.8. The summed E-state index contributed by atoms with van der Waals surface area (Å²) in [5.41, 5.74) is 1.55. The van der Waals surface area contributed by atoms with Gasteiger partial charge in [0.1, 0.15) is 23.9 Å². The summed E-state index contributed by atoms with van der Waals surface area (Å²) in [6.45, 7) is 0.173. The summed E-state index contributed by atoms with van der Waals surface area (Å²) in [6.07, 6.45) is 1.68. The Morgan fingerprint density at radius 2 is 1.85 bits per heavy atom. The lowest BCUT2D eigenvalue weighted by Crippen LogP contribution is -2.18. The highest BCUT2D eigenvalue weighted by Crippen LogP contribution is 2.30. The van der Waals surface area contributed by atoms with Crippen molar-refractivity contribution in [3.05, 3.63) is 59.2 Å². The molecule has 0 saturated carbocycles. The summed E-state index contributed by atoms with van der Waals surface area (Å²) in [5, 5.41) is 18.9. The van der Waals surface area contributed by atoms with Gasteiger partial charge < -0.3 is 14.9 Å². The van der Waals surface area contributed by atoms with Gasteiger partial charge in [0, 0.05) is 5.57 Å². The Balaban J connectivity index is 2.00. The van der Waals surface area contributed by atoms with Crippen molar-refractivity contribution in [2.45, 2.75) is 0 Å². The molecule has 3 rings (SSSR count). The van der Waals surface area contributed by atoms with E-state index in [1.54, 1.807) is 36.4 Å². The van der Waals surface area contributed by atoms with Gasteiger partial charge >= 0.3 is 0 Å². The van der Waals surface area contributed by atoms with Gasteiger partial charge in [0.15, 0.2) is 5.78 Å². The highest BCUT2D eigenvalue weighted by Gasteiger charge is 2.23. The van der Waals surface area contributed by atoms with Crippen LogP contribution in [-0.4, -0.2) is 22.6 Å². The maximum absolute atomic E-state index is 12.3. The summed E-state index contributed by atoms with van der Waals surface area (Å²) in [7, 11) is 0. The smallest absolute Gasteiger partial charge is 0.196 e. The monoisotopic (exact) mass is 268 g/mol. The third kappa shape index (κ3) is 2.23. The predicted molar refractivity (Wildman–Crippen MR) is 74.0 cm³/mol. The molecule has 0 saturated heterocycles. The van der Waals surface area contributed by atoms with Crippen molar-refractivity contribution >= 4 is 11.9 Å². The van der Waals surface area contributed by atoms with Crippen LogP contribution in [0, 0.1) is 0 Å². The average Bonchev–Trinajstić information content (AvgIpc) is 2.43. The van der Waals surface area contributed by atoms with E-state index in [2.05, 4.69) is 0 Å². The zero-order chi connectivity index (χ0) is 14.1. The van der Waals surface area contributed by atoms with Gasteiger partial charge in [-0.05, 0) is 42.0 Å². The number of fused-ring (bicyclic) bond motifs is 1. The van der Waals surface area contributed by atoms with Crippen molar-refractivity contribution < 1.29 is 19.7 Å². The number of Topliss-reactive ketones (excluding diaryl/α,β-unsaturated/α-hetero) is 1. The van der Waals surface area contributed by atoms with Gasteiger partial charge in [-0.1, -0.05) is 12.1 Å². The number of carbonyl (C=O) groups excluding carboxylic acids is 1. The summed E-state index contributed by atoms with van der Waals surface area (Å²) in [6, 6.07) is 11.1. The molecule has 2 aromatic carbocycles. The molecule has 0 atom stereocenters. The van der Waals surface area contributed by atoms with E-state index in [-0.39, 0.29) is 23.9 Å². The quantitative estimate of drug-likeness (QED) is 0.780. The predicted octanol–water partition coefficient (Wildman–Crippen LogP) is 2.76. The summed E-state index contributed by atoms with van der Waals surface area (Å²) in [4.78, 5) is 12.3. The highest BCUT2D eigenvalue weighted by molar-refractivity contribution is 6.14. The van der Waals surface area contributed by atoms with E-state index < -0.39 is 0 Å². The molecule has 0 amide bonds. The van der Waals surface area contributed by atoms with Gasteiger partial charge in [0.05, 0.1) is 5.56 Å². The van der Waals surface area contributed by atoms with Crippen LogP contribution in [0.4, 0.5) is 0 Å². The third-order valence-electron chi connectivity index (χ3n) is 3.09. The molecule has 0 fully saturated rings. The van der Waals surface area contributed by atoms with E-state index in [1.165, 1.54) is 12.1 Å². The van der Waals surface area contributed by atoms with Gasteiger partial charge in [-0.25, -0.2) is 0 Å². The fourth-order valence-corrected chi connectivity index (χ4v) is 2.14. The third-order valence-corrected chi connectivity index (χ3v) is 3.09. The van der Waals surface area contributed by atoms with Gasteiger partial charge in [0.25, 0.3) is 0 Å². The van der Waals surface area contributed by atoms with Gasteiger partial charge in [-0.2, -0.15) is 0 Å². The van der Waals surface area contributed by atoms with Crippen LogP contribution in [0.25, 0.3) is 6.08 Å². The van der Waals surface area contributed by atoms with E-state index in [0.717, 1.165) is 5.56 Å². The molecule has 20 heavy (non-hydrogen) atoms. The molecule has 2 aromatic rings. The molecule has 0 radical (unpaired) electrons. The Labute approximate surface area is 115 Å². The SMILES string of the molecule is O=C1/C(=C/c2cccc(O)c2)COc2ccc(O)cc21. The molecule has 100 valence electrons. The number of aromatic hydroxyl groups is 2. The number of phenols is 2. The minimum absolute atomic E-state index is 0.0271. The van der Waals surface area contributed by atoms with E-state index >= 15 is 0 Å². The van der Waals surface area contributed by atoms with E-state index in [0.29, 0.717) is 16.9 Å². The lowest BCUT2D eigenvalue weighted by atomic mass is 9.98. The molecule has 1 aliphatic rings. The standard InChI is InChI=1S/C16H12O4/c17-12-3-1-2-10(7-12)6-11-9-20-15-5-4-13(18)8-14(15)16(11)19/h1-8,17-18H,9H2/b11-6+.